The standard InChI is InChI=1S/C15H21BrN2O/c1-12-10-18(7-8-19-12)15-4-3-14(16)9-13(15)11-17-5-2-6-17/h3-4,9,12H,2,5-8,10-11H2,1H3/t12-/m0/s1. The first-order valence-corrected chi connectivity index (χ1v) is 7.89. The Bertz CT molecular complexity index is 448. The fraction of sp³-hybridized carbons (Fsp3) is 0.600. The van der Waals surface area contributed by atoms with E-state index < -0.39 is 0 Å². The number of anilines is 1. The molecule has 2 fully saturated rings. The van der Waals surface area contributed by atoms with Crippen molar-refractivity contribution < 1.29 is 4.74 Å². The van der Waals surface area contributed by atoms with E-state index in [2.05, 4.69) is 50.9 Å². The Kier molecular flexibility index (Phi) is 4.10. The number of ether oxygens (including phenoxy) is 1. The van der Waals surface area contributed by atoms with Crippen LogP contribution in [0.1, 0.15) is 18.9 Å². The zero-order valence-corrected chi connectivity index (χ0v) is 13.0. The number of rotatable bonds is 3. The van der Waals surface area contributed by atoms with Gasteiger partial charge in [0.05, 0.1) is 12.7 Å². The molecule has 2 aliphatic heterocycles. The maximum atomic E-state index is 5.65. The van der Waals surface area contributed by atoms with Gasteiger partial charge in [0, 0.05) is 29.8 Å². The normalized spacial score (nSPS) is 24.3. The molecular weight excluding hydrogens is 304 g/mol. The third kappa shape index (κ3) is 3.12. The molecule has 0 aliphatic carbocycles. The highest BCUT2D eigenvalue weighted by molar-refractivity contribution is 9.10. The van der Waals surface area contributed by atoms with Crippen molar-refractivity contribution in [3.8, 4) is 0 Å². The maximum Gasteiger partial charge on any atom is 0.0722 e. The molecule has 2 saturated heterocycles. The second kappa shape index (κ2) is 5.81. The predicted octanol–water partition coefficient (Wildman–Crippen LogP) is 2.88. The summed E-state index contributed by atoms with van der Waals surface area (Å²) in [6, 6.07) is 6.67. The van der Waals surface area contributed by atoms with Gasteiger partial charge >= 0.3 is 0 Å². The zero-order chi connectivity index (χ0) is 13.2. The molecule has 0 unspecified atom stereocenters. The molecule has 0 bridgehead atoms. The Morgan fingerprint density at radius 3 is 2.84 bits per heavy atom. The van der Waals surface area contributed by atoms with Gasteiger partial charge in [0.15, 0.2) is 0 Å². The van der Waals surface area contributed by atoms with Crippen molar-refractivity contribution >= 4 is 21.6 Å². The minimum absolute atomic E-state index is 0.328. The second-order valence-corrected chi connectivity index (χ2v) is 6.45. The summed E-state index contributed by atoms with van der Waals surface area (Å²) < 4.78 is 6.82. The van der Waals surface area contributed by atoms with Gasteiger partial charge in [-0.1, -0.05) is 15.9 Å². The number of benzene rings is 1. The van der Waals surface area contributed by atoms with Crippen LogP contribution in [0.25, 0.3) is 0 Å². The van der Waals surface area contributed by atoms with Crippen molar-refractivity contribution in [1.29, 1.82) is 0 Å². The van der Waals surface area contributed by atoms with Crippen LogP contribution in [0.15, 0.2) is 22.7 Å². The smallest absolute Gasteiger partial charge is 0.0722 e. The summed E-state index contributed by atoms with van der Waals surface area (Å²) in [4.78, 5) is 4.98. The van der Waals surface area contributed by atoms with E-state index in [9.17, 15) is 0 Å². The molecule has 104 valence electrons. The highest BCUT2D eigenvalue weighted by atomic mass is 79.9. The fourth-order valence-electron chi connectivity index (χ4n) is 2.81. The van der Waals surface area contributed by atoms with Gasteiger partial charge < -0.3 is 9.64 Å². The van der Waals surface area contributed by atoms with Crippen molar-refractivity contribution in [3.05, 3.63) is 28.2 Å². The SMILES string of the molecule is C[C@H]1CN(c2ccc(Br)cc2CN2CCC2)CCO1. The van der Waals surface area contributed by atoms with E-state index >= 15 is 0 Å². The first-order valence-electron chi connectivity index (χ1n) is 7.10. The number of hydrogen-bond acceptors (Lipinski definition) is 3. The molecule has 0 N–H and O–H groups in total. The summed E-state index contributed by atoms with van der Waals surface area (Å²) in [6.07, 6.45) is 1.67. The molecule has 4 heteroatoms. The molecule has 0 saturated carbocycles. The van der Waals surface area contributed by atoms with Crippen LogP contribution in [0.5, 0.6) is 0 Å². The van der Waals surface area contributed by atoms with Gasteiger partial charge in [0.2, 0.25) is 0 Å². The van der Waals surface area contributed by atoms with Gasteiger partial charge in [-0.3, -0.25) is 4.90 Å². The van der Waals surface area contributed by atoms with E-state index in [0.29, 0.717) is 6.10 Å². The average molecular weight is 325 g/mol. The van der Waals surface area contributed by atoms with Crippen LogP contribution in [0.2, 0.25) is 0 Å². The Morgan fingerprint density at radius 2 is 2.16 bits per heavy atom. The molecular formula is C15H21BrN2O. The fourth-order valence-corrected chi connectivity index (χ4v) is 3.22. The zero-order valence-electron chi connectivity index (χ0n) is 11.4. The van der Waals surface area contributed by atoms with E-state index in [1.54, 1.807) is 0 Å². The largest absolute Gasteiger partial charge is 0.375 e. The molecule has 1 aromatic carbocycles. The van der Waals surface area contributed by atoms with Gasteiger partial charge in [0.1, 0.15) is 0 Å². The molecule has 2 heterocycles. The van der Waals surface area contributed by atoms with Crippen molar-refractivity contribution in [2.75, 3.05) is 37.7 Å². The summed E-state index contributed by atoms with van der Waals surface area (Å²) in [5.41, 5.74) is 2.81. The maximum absolute atomic E-state index is 5.65. The quantitative estimate of drug-likeness (QED) is 0.850. The molecule has 19 heavy (non-hydrogen) atoms. The second-order valence-electron chi connectivity index (χ2n) is 5.53. The molecule has 3 nitrogen and oxygen atoms in total. The Hall–Kier alpha value is -0.580. The van der Waals surface area contributed by atoms with Gasteiger partial charge in [-0.15, -0.1) is 0 Å². The van der Waals surface area contributed by atoms with E-state index in [4.69, 9.17) is 4.74 Å². The number of nitrogens with zero attached hydrogens (tertiary/aromatic N) is 2. The third-order valence-electron chi connectivity index (χ3n) is 3.97. The summed E-state index contributed by atoms with van der Waals surface area (Å²) in [5, 5.41) is 0. The topological polar surface area (TPSA) is 15.7 Å². The third-order valence-corrected chi connectivity index (χ3v) is 4.46. The van der Waals surface area contributed by atoms with E-state index in [-0.39, 0.29) is 0 Å². The molecule has 0 radical (unpaired) electrons. The first kappa shape index (κ1) is 13.4. The highest BCUT2D eigenvalue weighted by Crippen LogP contribution is 2.28. The van der Waals surface area contributed by atoms with Crippen molar-refractivity contribution in [2.24, 2.45) is 0 Å². The number of likely N-dealkylation sites (tertiary alicyclic amines) is 1. The average Bonchev–Trinajstić information content (AvgIpc) is 2.34. The van der Waals surface area contributed by atoms with Crippen molar-refractivity contribution in [1.82, 2.24) is 4.90 Å². The lowest BCUT2D eigenvalue weighted by Gasteiger charge is -2.36. The first-order chi connectivity index (χ1) is 9.22. The van der Waals surface area contributed by atoms with Gasteiger partial charge in [-0.2, -0.15) is 0 Å². The molecule has 1 atom stereocenters. The Morgan fingerprint density at radius 1 is 1.32 bits per heavy atom. The summed E-state index contributed by atoms with van der Waals surface area (Å²) >= 11 is 3.60. The molecule has 3 rings (SSSR count). The molecule has 0 amide bonds. The van der Waals surface area contributed by atoms with Crippen molar-refractivity contribution in [2.45, 2.75) is 26.0 Å². The van der Waals surface area contributed by atoms with E-state index in [1.165, 1.54) is 35.2 Å². The van der Waals surface area contributed by atoms with Crippen LogP contribution in [-0.2, 0) is 11.3 Å². The summed E-state index contributed by atoms with van der Waals surface area (Å²) in [5.74, 6) is 0. The van der Waals surface area contributed by atoms with Gasteiger partial charge in [-0.25, -0.2) is 0 Å². The monoisotopic (exact) mass is 324 g/mol. The van der Waals surface area contributed by atoms with Crippen LogP contribution < -0.4 is 4.90 Å². The van der Waals surface area contributed by atoms with Crippen LogP contribution in [-0.4, -0.2) is 43.8 Å². The highest BCUT2D eigenvalue weighted by Gasteiger charge is 2.21. The molecule has 2 aliphatic rings. The lowest BCUT2D eigenvalue weighted by molar-refractivity contribution is 0.0531. The number of hydrogen-bond donors (Lipinski definition) is 0. The number of halogens is 1. The van der Waals surface area contributed by atoms with Gasteiger partial charge in [-0.05, 0) is 50.2 Å². The Balaban J connectivity index is 1.81. The minimum atomic E-state index is 0.328. The van der Waals surface area contributed by atoms with Crippen molar-refractivity contribution in [3.63, 3.8) is 0 Å². The van der Waals surface area contributed by atoms with E-state index in [1.807, 2.05) is 0 Å². The predicted molar refractivity (Wildman–Crippen MR) is 81.7 cm³/mol. The van der Waals surface area contributed by atoms with Crippen LogP contribution in [0, 0.1) is 0 Å². The van der Waals surface area contributed by atoms with Crippen LogP contribution >= 0.6 is 15.9 Å². The summed E-state index contributed by atoms with van der Waals surface area (Å²) in [6.45, 7) is 8.53. The minimum Gasteiger partial charge on any atom is -0.375 e. The van der Waals surface area contributed by atoms with Crippen LogP contribution in [0.4, 0.5) is 5.69 Å². The van der Waals surface area contributed by atoms with E-state index in [0.717, 1.165) is 26.2 Å². The Labute approximate surface area is 123 Å². The van der Waals surface area contributed by atoms with Crippen LogP contribution in [0.3, 0.4) is 0 Å². The molecule has 0 aromatic heterocycles. The lowest BCUT2D eigenvalue weighted by atomic mass is 10.1. The van der Waals surface area contributed by atoms with Gasteiger partial charge in [0.25, 0.3) is 0 Å². The number of morpholine rings is 1. The summed E-state index contributed by atoms with van der Waals surface area (Å²) in [7, 11) is 0. The lowest BCUT2D eigenvalue weighted by Crippen LogP contribution is -2.42. The molecule has 1 aromatic rings. The molecule has 0 spiro atoms.